The Morgan fingerprint density at radius 1 is 1.28 bits per heavy atom. The minimum absolute atomic E-state index is 0.0844. The van der Waals surface area contributed by atoms with E-state index in [0.29, 0.717) is 15.9 Å². The van der Waals surface area contributed by atoms with Gasteiger partial charge in [-0.05, 0) is 51.8 Å². The normalized spacial score (nSPS) is 10.2. The van der Waals surface area contributed by atoms with E-state index in [9.17, 15) is 4.79 Å². The largest absolute Gasteiger partial charge is 0.306 e. The number of hydrogen-bond acceptors (Lipinski definition) is 3. The lowest BCUT2D eigenvalue weighted by Crippen LogP contribution is -2.13. The van der Waals surface area contributed by atoms with E-state index in [-0.39, 0.29) is 11.2 Å². The number of nitrogens with one attached hydrogen (secondary N) is 1. The smallest absolute Gasteiger partial charge is 0.258 e. The summed E-state index contributed by atoms with van der Waals surface area (Å²) in [7, 11) is 0. The van der Waals surface area contributed by atoms with Crippen LogP contribution in [-0.4, -0.2) is 15.9 Å². The summed E-state index contributed by atoms with van der Waals surface area (Å²) >= 11 is 12.3. The van der Waals surface area contributed by atoms with Gasteiger partial charge in [-0.3, -0.25) is 4.79 Å². The van der Waals surface area contributed by atoms with Gasteiger partial charge in [0.1, 0.15) is 5.82 Å². The van der Waals surface area contributed by atoms with Crippen molar-refractivity contribution in [2.24, 2.45) is 0 Å². The standard InChI is InChI=1S/C11H6Br2ClN3O/c12-6-1-2-8(13)7(5-6)10(18)16-9-3-4-15-11(14)17-9/h1-5H,(H,15,16,17,18). The Balaban J connectivity index is 2.24. The van der Waals surface area contributed by atoms with Gasteiger partial charge in [0, 0.05) is 15.1 Å². The quantitative estimate of drug-likeness (QED) is 0.790. The van der Waals surface area contributed by atoms with E-state index >= 15 is 0 Å². The van der Waals surface area contributed by atoms with Crippen molar-refractivity contribution in [2.75, 3.05) is 5.32 Å². The van der Waals surface area contributed by atoms with Gasteiger partial charge in [-0.1, -0.05) is 15.9 Å². The zero-order valence-corrected chi connectivity index (χ0v) is 12.8. The van der Waals surface area contributed by atoms with Gasteiger partial charge in [-0.15, -0.1) is 0 Å². The predicted octanol–water partition coefficient (Wildman–Crippen LogP) is 3.91. The molecule has 1 heterocycles. The Labute approximate surface area is 125 Å². The van der Waals surface area contributed by atoms with E-state index in [2.05, 4.69) is 47.1 Å². The molecule has 2 aromatic rings. The second-order valence-electron chi connectivity index (χ2n) is 3.29. The van der Waals surface area contributed by atoms with Gasteiger partial charge in [0.2, 0.25) is 5.28 Å². The first-order valence-electron chi connectivity index (χ1n) is 4.81. The molecule has 7 heteroatoms. The number of carbonyl (C=O) groups is 1. The molecule has 4 nitrogen and oxygen atoms in total. The number of rotatable bonds is 2. The second kappa shape index (κ2) is 5.77. The Bertz CT molecular complexity index is 607. The van der Waals surface area contributed by atoms with Crippen LogP contribution in [0.4, 0.5) is 5.82 Å². The fourth-order valence-electron chi connectivity index (χ4n) is 1.26. The highest BCUT2D eigenvalue weighted by Crippen LogP contribution is 2.22. The van der Waals surface area contributed by atoms with Crippen LogP contribution in [0.3, 0.4) is 0 Å². The Morgan fingerprint density at radius 2 is 2.06 bits per heavy atom. The number of nitrogens with zero attached hydrogens (tertiary/aromatic N) is 2. The average molecular weight is 391 g/mol. The SMILES string of the molecule is O=C(Nc1ccnc(Cl)n1)c1cc(Br)ccc1Br. The molecule has 1 aromatic carbocycles. The van der Waals surface area contributed by atoms with Crippen molar-refractivity contribution in [3.05, 3.63) is 50.3 Å². The number of benzene rings is 1. The fraction of sp³-hybridized carbons (Fsp3) is 0. The third-order valence-electron chi connectivity index (χ3n) is 2.04. The molecular formula is C11H6Br2ClN3O. The van der Waals surface area contributed by atoms with E-state index < -0.39 is 0 Å². The topological polar surface area (TPSA) is 54.9 Å². The fourth-order valence-corrected chi connectivity index (χ4v) is 2.19. The molecule has 0 saturated heterocycles. The van der Waals surface area contributed by atoms with Crippen molar-refractivity contribution in [3.8, 4) is 0 Å². The maximum absolute atomic E-state index is 12.0. The Kier molecular flexibility index (Phi) is 4.31. The molecule has 0 atom stereocenters. The molecule has 0 unspecified atom stereocenters. The molecule has 18 heavy (non-hydrogen) atoms. The van der Waals surface area contributed by atoms with Gasteiger partial charge in [0.25, 0.3) is 5.91 Å². The van der Waals surface area contributed by atoms with Crippen molar-refractivity contribution in [1.29, 1.82) is 0 Å². The first-order valence-corrected chi connectivity index (χ1v) is 6.77. The van der Waals surface area contributed by atoms with Crippen LogP contribution in [0.5, 0.6) is 0 Å². The summed E-state index contributed by atoms with van der Waals surface area (Å²) in [5, 5.41) is 2.73. The van der Waals surface area contributed by atoms with Crippen molar-refractivity contribution in [3.63, 3.8) is 0 Å². The Morgan fingerprint density at radius 3 is 2.78 bits per heavy atom. The molecular weight excluding hydrogens is 385 g/mol. The summed E-state index contributed by atoms with van der Waals surface area (Å²) in [4.78, 5) is 19.7. The maximum Gasteiger partial charge on any atom is 0.258 e. The lowest BCUT2D eigenvalue weighted by Gasteiger charge is -2.06. The van der Waals surface area contributed by atoms with Crippen molar-refractivity contribution in [2.45, 2.75) is 0 Å². The van der Waals surface area contributed by atoms with Gasteiger partial charge < -0.3 is 5.32 Å². The first-order chi connectivity index (χ1) is 8.56. The molecule has 0 radical (unpaired) electrons. The van der Waals surface area contributed by atoms with Gasteiger partial charge in [0.15, 0.2) is 0 Å². The van der Waals surface area contributed by atoms with E-state index in [0.717, 1.165) is 4.47 Å². The molecule has 0 fully saturated rings. The molecule has 2 rings (SSSR count). The van der Waals surface area contributed by atoms with Crippen molar-refractivity contribution in [1.82, 2.24) is 9.97 Å². The number of hydrogen-bond donors (Lipinski definition) is 1. The molecule has 0 aliphatic heterocycles. The lowest BCUT2D eigenvalue weighted by molar-refractivity contribution is 0.102. The number of aromatic nitrogens is 2. The monoisotopic (exact) mass is 389 g/mol. The minimum atomic E-state index is -0.280. The summed E-state index contributed by atoms with van der Waals surface area (Å²) in [5.41, 5.74) is 0.499. The van der Waals surface area contributed by atoms with Crippen LogP contribution in [0, 0.1) is 0 Å². The molecule has 92 valence electrons. The first kappa shape index (κ1) is 13.5. The second-order valence-corrected chi connectivity index (χ2v) is 5.40. The van der Waals surface area contributed by atoms with Crippen LogP contribution in [0.2, 0.25) is 5.28 Å². The van der Waals surface area contributed by atoms with Gasteiger partial charge in [-0.2, -0.15) is 0 Å². The number of amides is 1. The predicted molar refractivity (Wildman–Crippen MR) is 76.8 cm³/mol. The highest BCUT2D eigenvalue weighted by atomic mass is 79.9. The van der Waals surface area contributed by atoms with Gasteiger partial charge >= 0.3 is 0 Å². The van der Waals surface area contributed by atoms with Crippen LogP contribution in [-0.2, 0) is 0 Å². The number of halogens is 3. The van der Waals surface area contributed by atoms with E-state index in [4.69, 9.17) is 11.6 Å². The molecule has 0 aliphatic rings. The molecule has 0 bridgehead atoms. The third-order valence-corrected chi connectivity index (χ3v) is 3.41. The maximum atomic E-state index is 12.0. The molecule has 1 aromatic heterocycles. The van der Waals surface area contributed by atoms with E-state index in [1.54, 1.807) is 18.2 Å². The van der Waals surface area contributed by atoms with Crippen LogP contribution < -0.4 is 5.32 Å². The highest BCUT2D eigenvalue weighted by Gasteiger charge is 2.11. The van der Waals surface area contributed by atoms with Gasteiger partial charge in [0.05, 0.1) is 5.56 Å². The summed E-state index contributed by atoms with van der Waals surface area (Å²) in [6.07, 6.45) is 1.47. The summed E-state index contributed by atoms with van der Waals surface area (Å²) in [6, 6.07) is 6.90. The molecule has 1 N–H and O–H groups in total. The molecule has 0 aliphatic carbocycles. The van der Waals surface area contributed by atoms with E-state index in [1.807, 2.05) is 6.07 Å². The van der Waals surface area contributed by atoms with E-state index in [1.165, 1.54) is 6.20 Å². The van der Waals surface area contributed by atoms with Gasteiger partial charge in [-0.25, -0.2) is 9.97 Å². The van der Waals surface area contributed by atoms with Crippen LogP contribution in [0.15, 0.2) is 39.4 Å². The van der Waals surface area contributed by atoms with Crippen LogP contribution >= 0.6 is 43.5 Å². The summed E-state index contributed by atoms with van der Waals surface area (Å²) in [5.74, 6) is 0.0739. The average Bonchev–Trinajstić information content (AvgIpc) is 2.32. The van der Waals surface area contributed by atoms with Crippen molar-refractivity contribution < 1.29 is 4.79 Å². The van der Waals surface area contributed by atoms with Crippen LogP contribution in [0.1, 0.15) is 10.4 Å². The molecule has 0 saturated carbocycles. The molecule has 1 amide bonds. The third kappa shape index (κ3) is 3.28. The Hall–Kier alpha value is -0.980. The summed E-state index contributed by atoms with van der Waals surface area (Å²) < 4.78 is 1.51. The van der Waals surface area contributed by atoms with Crippen LogP contribution in [0.25, 0.3) is 0 Å². The molecule has 0 spiro atoms. The number of anilines is 1. The van der Waals surface area contributed by atoms with Crippen molar-refractivity contribution >= 4 is 55.2 Å². The minimum Gasteiger partial charge on any atom is -0.306 e. The zero-order valence-electron chi connectivity index (χ0n) is 8.82. The highest BCUT2D eigenvalue weighted by molar-refractivity contribution is 9.11. The summed E-state index contributed by atoms with van der Waals surface area (Å²) in [6.45, 7) is 0. The lowest BCUT2D eigenvalue weighted by atomic mass is 10.2. The zero-order chi connectivity index (χ0) is 13.1. The number of carbonyl (C=O) groups excluding carboxylic acids is 1.